The summed E-state index contributed by atoms with van der Waals surface area (Å²) >= 11 is 0. The predicted molar refractivity (Wildman–Crippen MR) is 45.5 cm³/mol. The number of aliphatic carboxylic acids is 1. The first-order valence-corrected chi connectivity index (χ1v) is 3.76. The molecule has 1 N–H and O–H groups in total. The fraction of sp³-hybridized carbons (Fsp3) is 0.100. The summed E-state index contributed by atoms with van der Waals surface area (Å²) in [5, 5.41) is 8.17. The van der Waals surface area contributed by atoms with Crippen molar-refractivity contribution < 1.29 is 18.7 Å². The third-order valence-corrected chi connectivity index (χ3v) is 1.51. The highest BCUT2D eigenvalue weighted by molar-refractivity contribution is 5.86. The summed E-state index contributed by atoms with van der Waals surface area (Å²) in [6.45, 7) is 0. The molecule has 0 aliphatic heterocycles. The second kappa shape index (κ2) is 4.38. The molecule has 1 rings (SSSR count). The first kappa shape index (κ1) is 10.2. The monoisotopic (exact) mass is 196 g/mol. The lowest BCUT2D eigenvalue weighted by Crippen LogP contribution is -1.93. The van der Waals surface area contributed by atoms with E-state index >= 15 is 0 Å². The lowest BCUT2D eigenvalue weighted by Gasteiger charge is -1.97. The van der Waals surface area contributed by atoms with E-state index in [-0.39, 0.29) is 12.0 Å². The van der Waals surface area contributed by atoms with Gasteiger partial charge in [-0.3, -0.25) is 0 Å². The van der Waals surface area contributed by atoms with Crippen molar-refractivity contribution in [1.29, 1.82) is 0 Å². The molecule has 4 heteroatoms. The van der Waals surface area contributed by atoms with Gasteiger partial charge >= 0.3 is 5.97 Å². The summed E-state index contributed by atoms with van der Waals surface area (Å²) in [5.41, 5.74) is 0.0544. The molecule has 2 nitrogen and oxygen atoms in total. The van der Waals surface area contributed by atoms with E-state index in [0.717, 1.165) is 6.07 Å². The van der Waals surface area contributed by atoms with Crippen molar-refractivity contribution in [3.8, 4) is 11.8 Å². The molecule has 0 unspecified atom stereocenters. The van der Waals surface area contributed by atoms with Gasteiger partial charge in [0.1, 0.15) is 0 Å². The van der Waals surface area contributed by atoms with Gasteiger partial charge in [-0.2, -0.15) is 0 Å². The number of benzene rings is 1. The Morgan fingerprint density at radius 3 is 2.79 bits per heavy atom. The molecule has 0 saturated carbocycles. The molecule has 0 saturated heterocycles. The Kier molecular flexibility index (Phi) is 3.19. The van der Waals surface area contributed by atoms with E-state index in [9.17, 15) is 13.6 Å². The summed E-state index contributed by atoms with van der Waals surface area (Å²) in [5.74, 6) is 0.803. The van der Waals surface area contributed by atoms with Crippen LogP contribution in [0.5, 0.6) is 0 Å². The zero-order valence-electron chi connectivity index (χ0n) is 7.05. The van der Waals surface area contributed by atoms with E-state index in [1.807, 2.05) is 5.92 Å². The molecule has 1 aromatic rings. The van der Waals surface area contributed by atoms with Gasteiger partial charge in [0, 0.05) is 17.9 Å². The summed E-state index contributed by atoms with van der Waals surface area (Å²) < 4.78 is 25.6. The van der Waals surface area contributed by atoms with Crippen LogP contribution in [0.2, 0.25) is 0 Å². The molecule has 0 fully saturated rings. The molecule has 0 aliphatic rings. The highest BCUT2D eigenvalue weighted by atomic mass is 19.2. The molecule has 72 valence electrons. The minimum Gasteiger partial charge on any atom is -0.472 e. The lowest BCUT2D eigenvalue weighted by atomic mass is 10.1. The minimum atomic E-state index is -1.29. The maximum absolute atomic E-state index is 12.9. The van der Waals surface area contributed by atoms with Crippen LogP contribution in [0.3, 0.4) is 0 Å². The van der Waals surface area contributed by atoms with Gasteiger partial charge in [-0.25, -0.2) is 13.6 Å². The van der Waals surface area contributed by atoms with E-state index in [1.54, 1.807) is 0 Å². The first-order chi connectivity index (χ1) is 6.61. The molecule has 0 radical (unpaired) electrons. The van der Waals surface area contributed by atoms with Crippen molar-refractivity contribution in [2.45, 2.75) is 6.42 Å². The Labute approximate surface area is 79.2 Å². The normalized spacial score (nSPS) is 9.00. The van der Waals surface area contributed by atoms with Gasteiger partial charge in [0.2, 0.25) is 0 Å². The highest BCUT2D eigenvalue weighted by Crippen LogP contribution is 2.11. The average Bonchev–Trinajstić information content (AvgIpc) is 2.12. The first-order valence-electron chi connectivity index (χ1n) is 3.76. The van der Waals surface area contributed by atoms with Crippen molar-refractivity contribution >= 4 is 5.97 Å². The molecule has 0 aliphatic carbocycles. The van der Waals surface area contributed by atoms with Crippen LogP contribution in [0.4, 0.5) is 8.78 Å². The molecule has 0 bridgehead atoms. The second-order valence-electron chi connectivity index (χ2n) is 2.50. The topological polar surface area (TPSA) is 37.3 Å². The molecule has 0 heterocycles. The van der Waals surface area contributed by atoms with Gasteiger partial charge in [-0.1, -0.05) is 18.1 Å². The van der Waals surface area contributed by atoms with Crippen LogP contribution in [0.15, 0.2) is 18.2 Å². The smallest absolute Gasteiger partial charge is 0.381 e. The summed E-state index contributed by atoms with van der Waals surface area (Å²) in [4.78, 5) is 10.00. The Morgan fingerprint density at radius 2 is 2.14 bits per heavy atom. The van der Waals surface area contributed by atoms with Crippen LogP contribution in [-0.2, 0) is 11.2 Å². The number of carboxylic acid groups (broad SMARTS) is 1. The van der Waals surface area contributed by atoms with E-state index < -0.39 is 17.6 Å². The van der Waals surface area contributed by atoms with Crippen molar-refractivity contribution in [2.24, 2.45) is 0 Å². The zero-order chi connectivity index (χ0) is 10.6. The second-order valence-corrected chi connectivity index (χ2v) is 2.50. The standard InChI is InChI=1S/C10H6F2O2/c11-8-5-1-3-7(10(8)12)4-2-6-9(13)14/h1,3,5H,4H2,(H,13,14). The molecule has 14 heavy (non-hydrogen) atoms. The van der Waals surface area contributed by atoms with E-state index in [4.69, 9.17) is 5.11 Å². The van der Waals surface area contributed by atoms with Crippen molar-refractivity contribution in [2.75, 3.05) is 0 Å². The van der Waals surface area contributed by atoms with Gasteiger partial charge in [0.25, 0.3) is 0 Å². The quantitative estimate of drug-likeness (QED) is 0.692. The minimum absolute atomic E-state index is 0.0544. The zero-order valence-corrected chi connectivity index (χ0v) is 7.05. The summed E-state index contributed by atoms with van der Waals surface area (Å²) in [6.07, 6.45) is -0.115. The fourth-order valence-electron chi connectivity index (χ4n) is 0.900. The Hall–Kier alpha value is -1.89. The summed E-state index contributed by atoms with van der Waals surface area (Å²) in [6, 6.07) is 3.69. The SMILES string of the molecule is O=C(O)C#CCc1cccc(F)c1F. The number of carboxylic acids is 1. The Balaban J connectivity index is 2.84. The highest BCUT2D eigenvalue weighted by Gasteiger charge is 2.05. The van der Waals surface area contributed by atoms with Crippen LogP contribution in [0.25, 0.3) is 0 Å². The van der Waals surface area contributed by atoms with Crippen LogP contribution in [-0.4, -0.2) is 11.1 Å². The van der Waals surface area contributed by atoms with Crippen LogP contribution in [0, 0.1) is 23.5 Å². The van der Waals surface area contributed by atoms with E-state index in [2.05, 4.69) is 5.92 Å². The van der Waals surface area contributed by atoms with Gasteiger partial charge in [0.15, 0.2) is 11.6 Å². The van der Waals surface area contributed by atoms with Crippen LogP contribution in [0.1, 0.15) is 5.56 Å². The van der Waals surface area contributed by atoms with E-state index in [1.165, 1.54) is 12.1 Å². The van der Waals surface area contributed by atoms with E-state index in [0.29, 0.717) is 0 Å². The molecule has 0 spiro atoms. The molecule has 0 atom stereocenters. The number of carbonyl (C=O) groups is 1. The van der Waals surface area contributed by atoms with Crippen LogP contribution < -0.4 is 0 Å². The third-order valence-electron chi connectivity index (χ3n) is 1.51. The molecule has 0 aromatic heterocycles. The lowest BCUT2D eigenvalue weighted by molar-refractivity contribution is -0.130. The maximum atomic E-state index is 12.9. The van der Waals surface area contributed by atoms with Gasteiger partial charge < -0.3 is 5.11 Å². The van der Waals surface area contributed by atoms with Crippen LogP contribution >= 0.6 is 0 Å². The predicted octanol–water partition coefficient (Wildman–Crippen LogP) is 1.60. The van der Waals surface area contributed by atoms with Gasteiger partial charge in [0.05, 0.1) is 0 Å². The number of hydrogen-bond acceptors (Lipinski definition) is 1. The van der Waals surface area contributed by atoms with Gasteiger partial charge in [-0.15, -0.1) is 0 Å². The molecular weight excluding hydrogens is 190 g/mol. The molecule has 1 aromatic carbocycles. The van der Waals surface area contributed by atoms with Gasteiger partial charge in [-0.05, 0) is 6.07 Å². The average molecular weight is 196 g/mol. The fourth-order valence-corrected chi connectivity index (χ4v) is 0.900. The summed E-state index contributed by atoms with van der Waals surface area (Å²) in [7, 11) is 0. The molecular formula is C10H6F2O2. The number of rotatable bonds is 1. The number of hydrogen-bond donors (Lipinski definition) is 1. The Morgan fingerprint density at radius 1 is 1.43 bits per heavy atom. The largest absolute Gasteiger partial charge is 0.472 e. The van der Waals surface area contributed by atoms with Crippen molar-refractivity contribution in [3.63, 3.8) is 0 Å². The third kappa shape index (κ3) is 2.56. The Bertz CT molecular complexity index is 416. The molecule has 0 amide bonds. The van der Waals surface area contributed by atoms with Crippen molar-refractivity contribution in [3.05, 3.63) is 35.4 Å². The maximum Gasteiger partial charge on any atom is 0.381 e. The number of halogens is 2. The van der Waals surface area contributed by atoms with Crippen molar-refractivity contribution in [1.82, 2.24) is 0 Å².